The highest BCUT2D eigenvalue weighted by molar-refractivity contribution is 6.31. The number of hydrogen-bond acceptors (Lipinski definition) is 13. The number of Topliss-reactive ketones (excluding diaryl/α,β-unsaturated/α-hetero) is 1. The number of phenolic OH excluding ortho intramolecular Hbond substituents is 2. The molecule has 2 aromatic rings. The van der Waals surface area contributed by atoms with Gasteiger partial charge in [0.1, 0.15) is 35.6 Å². The number of phenols is 2. The van der Waals surface area contributed by atoms with E-state index >= 15 is 0 Å². The van der Waals surface area contributed by atoms with Crippen LogP contribution in [0.4, 0.5) is 0 Å². The van der Waals surface area contributed by atoms with E-state index in [9.17, 15) is 39.9 Å². The van der Waals surface area contributed by atoms with E-state index in [1.54, 1.807) is 6.92 Å². The Bertz CT molecular complexity index is 1680. The van der Waals surface area contributed by atoms with Crippen LogP contribution in [0.2, 0.25) is 0 Å². The number of aliphatic imine (C=N–C) groups is 1. The first kappa shape index (κ1) is 34.0. The smallest absolute Gasteiger partial charge is 0.202 e. The molecule has 5 N–H and O–H groups in total. The van der Waals surface area contributed by atoms with Gasteiger partial charge in [0, 0.05) is 62.1 Å². The molecule has 0 saturated carbocycles. The summed E-state index contributed by atoms with van der Waals surface area (Å²) in [6.45, 7) is 5.81. The normalized spacial score (nSPS) is 29.3. The zero-order valence-electron chi connectivity index (χ0n) is 27.3. The molecule has 14 nitrogen and oxygen atoms in total. The molecule has 0 bridgehead atoms. The first-order chi connectivity index (χ1) is 22.8. The van der Waals surface area contributed by atoms with E-state index in [-0.39, 0.29) is 34.4 Å². The highest BCUT2D eigenvalue weighted by Crippen LogP contribution is 2.52. The highest BCUT2D eigenvalue weighted by atomic mass is 16.7. The van der Waals surface area contributed by atoms with Crippen LogP contribution in [0.25, 0.3) is 0 Å². The van der Waals surface area contributed by atoms with Crippen LogP contribution in [0.3, 0.4) is 0 Å². The molecule has 2 fully saturated rings. The maximum Gasteiger partial charge on any atom is 0.202 e. The van der Waals surface area contributed by atoms with Gasteiger partial charge in [-0.05, 0) is 27.0 Å². The minimum absolute atomic E-state index is 0.0478. The number of amidine groups is 1. The van der Waals surface area contributed by atoms with Crippen molar-refractivity contribution in [2.75, 3.05) is 46.9 Å². The molecule has 2 aliphatic heterocycles. The first-order valence-corrected chi connectivity index (χ1v) is 16.0. The fraction of sp³-hybridized carbons (Fsp3) is 0.529. The molecule has 5 unspecified atom stereocenters. The fourth-order valence-electron chi connectivity index (χ4n) is 7.27. The van der Waals surface area contributed by atoms with Crippen LogP contribution in [-0.4, -0.2) is 136 Å². The zero-order chi connectivity index (χ0) is 34.7. The van der Waals surface area contributed by atoms with Crippen molar-refractivity contribution in [2.24, 2.45) is 4.99 Å². The van der Waals surface area contributed by atoms with Crippen LogP contribution in [0.15, 0.2) is 23.2 Å². The second kappa shape index (κ2) is 12.8. The molecule has 2 aromatic carbocycles. The Kier molecular flexibility index (Phi) is 9.08. The number of benzene rings is 2. The molecule has 48 heavy (non-hydrogen) atoms. The number of ketones is 3. The minimum atomic E-state index is -2.26. The SMILES string of the molecule is COc1cccc2c1C(=O)c1c(O)c3c(c(O)c1C2=O)CC(O)(C(=O)CO)C[C@@H]3OC1CC(N=C(C)N2CCN(C)CC2)C(O)C(C)O1. The van der Waals surface area contributed by atoms with Gasteiger partial charge in [-0.3, -0.25) is 19.4 Å². The van der Waals surface area contributed by atoms with Crippen molar-refractivity contribution in [3.63, 3.8) is 0 Å². The molecular weight excluding hydrogens is 626 g/mol. The number of likely N-dealkylation sites (N-methyl/N-ethyl adjacent to an activating group) is 1. The lowest BCUT2D eigenvalue weighted by Gasteiger charge is -2.42. The van der Waals surface area contributed by atoms with Gasteiger partial charge in [-0.25, -0.2) is 0 Å². The van der Waals surface area contributed by atoms with Gasteiger partial charge < -0.3 is 49.5 Å². The molecule has 14 heteroatoms. The molecule has 2 aliphatic carbocycles. The third-order valence-electron chi connectivity index (χ3n) is 10.0. The van der Waals surface area contributed by atoms with Crippen LogP contribution in [0.1, 0.15) is 75.8 Å². The van der Waals surface area contributed by atoms with Gasteiger partial charge in [-0.15, -0.1) is 0 Å². The predicted molar refractivity (Wildman–Crippen MR) is 170 cm³/mol. The summed E-state index contributed by atoms with van der Waals surface area (Å²) in [6, 6.07) is 3.76. The fourth-order valence-corrected chi connectivity index (χ4v) is 7.27. The number of nitrogens with zero attached hydrogens (tertiary/aromatic N) is 3. The topological polar surface area (TPSA) is 199 Å². The van der Waals surface area contributed by atoms with Gasteiger partial charge in [0.2, 0.25) is 5.78 Å². The van der Waals surface area contributed by atoms with Gasteiger partial charge in [0.15, 0.2) is 17.9 Å². The van der Waals surface area contributed by atoms with Crippen molar-refractivity contribution < 1.29 is 54.1 Å². The zero-order valence-corrected chi connectivity index (χ0v) is 27.3. The summed E-state index contributed by atoms with van der Waals surface area (Å²) in [5, 5.41) is 55.6. The average Bonchev–Trinajstić information content (AvgIpc) is 3.06. The second-order valence-corrected chi connectivity index (χ2v) is 13.0. The number of aliphatic hydroxyl groups is 3. The number of rotatable bonds is 6. The third kappa shape index (κ3) is 5.65. The number of hydrogen-bond donors (Lipinski definition) is 5. The summed E-state index contributed by atoms with van der Waals surface area (Å²) < 4.78 is 17.6. The second-order valence-electron chi connectivity index (χ2n) is 13.0. The van der Waals surface area contributed by atoms with Crippen molar-refractivity contribution in [2.45, 2.75) is 69.4 Å². The van der Waals surface area contributed by atoms with Gasteiger partial charge in [0.05, 0.1) is 47.9 Å². The lowest BCUT2D eigenvalue weighted by Crippen LogP contribution is -2.51. The Hall–Kier alpha value is -3.92. The predicted octanol–water partition coefficient (Wildman–Crippen LogP) is 0.708. The minimum Gasteiger partial charge on any atom is -0.507 e. The van der Waals surface area contributed by atoms with Crippen molar-refractivity contribution >= 4 is 23.2 Å². The molecule has 0 amide bonds. The van der Waals surface area contributed by atoms with Gasteiger partial charge in [-0.1, -0.05) is 12.1 Å². The maximum atomic E-state index is 13.9. The summed E-state index contributed by atoms with van der Waals surface area (Å²) in [5.74, 6) is -2.98. The quantitative estimate of drug-likeness (QED) is 0.140. The molecule has 0 spiro atoms. The average molecular weight is 668 g/mol. The first-order valence-electron chi connectivity index (χ1n) is 16.0. The summed E-state index contributed by atoms with van der Waals surface area (Å²) in [5.41, 5.74) is -3.60. The number of carbonyl (C=O) groups is 3. The van der Waals surface area contributed by atoms with Gasteiger partial charge in [0.25, 0.3) is 0 Å². The number of fused-ring (bicyclic) bond motifs is 3. The number of ether oxygens (including phenoxy) is 3. The Balaban J connectivity index is 1.40. The van der Waals surface area contributed by atoms with Crippen LogP contribution >= 0.6 is 0 Å². The third-order valence-corrected chi connectivity index (χ3v) is 10.0. The monoisotopic (exact) mass is 667 g/mol. The molecule has 0 aromatic heterocycles. The van der Waals surface area contributed by atoms with Crippen LogP contribution in [0.5, 0.6) is 17.2 Å². The molecule has 6 atom stereocenters. The standard InChI is InChI=1S/C34H41N3O11/c1-16-29(40)20(35-17(2)37-10-8-36(3)9-11-37)12-24(47-16)48-22-14-34(45,23(39)15-38)13-19-26(22)33(44)28-27(31(19)42)30(41)18-6-5-7-21(46-4)25(18)32(28)43/h5-7,16,20,22,24,29,38,40,42,44-45H,8-15H2,1-4H3/t16?,20?,22-,24?,29?,34?/m0/s1. The van der Waals surface area contributed by atoms with E-state index in [4.69, 9.17) is 19.2 Å². The lowest BCUT2D eigenvalue weighted by molar-refractivity contribution is -0.247. The maximum absolute atomic E-state index is 13.9. The van der Waals surface area contributed by atoms with Crippen LogP contribution < -0.4 is 4.74 Å². The molecule has 258 valence electrons. The largest absolute Gasteiger partial charge is 0.507 e. The Morgan fingerprint density at radius 2 is 1.77 bits per heavy atom. The van der Waals surface area contributed by atoms with Gasteiger partial charge in [-0.2, -0.15) is 0 Å². The van der Waals surface area contributed by atoms with E-state index in [1.165, 1.54) is 25.3 Å². The molecule has 2 heterocycles. The Labute approximate surface area is 277 Å². The van der Waals surface area contributed by atoms with E-state index in [0.29, 0.717) is 0 Å². The van der Waals surface area contributed by atoms with E-state index in [2.05, 4.69) is 9.80 Å². The number of aromatic hydroxyl groups is 2. The van der Waals surface area contributed by atoms with E-state index < -0.39 is 95.7 Å². The Morgan fingerprint density at radius 3 is 2.44 bits per heavy atom. The van der Waals surface area contributed by atoms with Crippen molar-refractivity contribution in [3.8, 4) is 17.2 Å². The summed E-state index contributed by atoms with van der Waals surface area (Å²) in [7, 11) is 3.38. The number of methoxy groups -OCH3 is 1. The molecule has 2 saturated heterocycles. The van der Waals surface area contributed by atoms with Crippen molar-refractivity contribution in [1.29, 1.82) is 0 Å². The highest BCUT2D eigenvalue weighted by Gasteiger charge is 2.50. The molecule has 0 radical (unpaired) electrons. The summed E-state index contributed by atoms with van der Waals surface area (Å²) in [6.07, 6.45) is -5.12. The molecule has 4 aliphatic rings. The molecule has 6 rings (SSSR count). The Morgan fingerprint density at radius 1 is 1.08 bits per heavy atom. The van der Waals surface area contributed by atoms with Crippen molar-refractivity contribution in [1.82, 2.24) is 9.80 Å². The lowest BCUT2D eigenvalue weighted by atomic mass is 9.72. The van der Waals surface area contributed by atoms with Crippen LogP contribution in [0, 0.1) is 0 Å². The number of carbonyl (C=O) groups excluding carboxylic acids is 3. The van der Waals surface area contributed by atoms with Crippen LogP contribution in [-0.2, 0) is 20.7 Å². The van der Waals surface area contributed by atoms with Gasteiger partial charge >= 0.3 is 0 Å². The summed E-state index contributed by atoms with van der Waals surface area (Å²) >= 11 is 0. The number of aliphatic hydroxyl groups excluding tert-OH is 2. The molecular formula is C34H41N3O11. The number of piperazine rings is 1. The van der Waals surface area contributed by atoms with Crippen molar-refractivity contribution in [3.05, 3.63) is 51.6 Å². The van der Waals surface area contributed by atoms with E-state index in [1.807, 2.05) is 14.0 Å². The summed E-state index contributed by atoms with van der Waals surface area (Å²) in [4.78, 5) is 49.6. The van der Waals surface area contributed by atoms with E-state index in [0.717, 1.165) is 32.0 Å².